The van der Waals surface area contributed by atoms with Crippen molar-refractivity contribution in [3.05, 3.63) is 58.9 Å². The molecule has 2 N–H and O–H groups in total. The van der Waals surface area contributed by atoms with Crippen LogP contribution < -0.4 is 10.5 Å². The van der Waals surface area contributed by atoms with Crippen LogP contribution in [0.15, 0.2) is 36.7 Å². The number of rotatable bonds is 5. The van der Waals surface area contributed by atoms with Gasteiger partial charge in [0.1, 0.15) is 12.4 Å². The van der Waals surface area contributed by atoms with E-state index in [1.54, 1.807) is 12.4 Å². The summed E-state index contributed by atoms with van der Waals surface area (Å²) in [4.78, 5) is 4.00. The van der Waals surface area contributed by atoms with Crippen LogP contribution in [0.1, 0.15) is 22.3 Å². The van der Waals surface area contributed by atoms with E-state index in [0.717, 1.165) is 28.9 Å². The molecule has 0 spiro atoms. The van der Waals surface area contributed by atoms with Crippen LogP contribution >= 0.6 is 0 Å². The highest BCUT2D eigenvalue weighted by molar-refractivity contribution is 5.43. The maximum Gasteiger partial charge on any atom is 0.125 e. The Hall–Kier alpha value is -1.87. The maximum absolute atomic E-state index is 5.93. The van der Waals surface area contributed by atoms with Gasteiger partial charge in [-0.05, 0) is 61.2 Å². The summed E-state index contributed by atoms with van der Waals surface area (Å²) in [7, 11) is 0. The molecule has 3 nitrogen and oxygen atoms in total. The Morgan fingerprint density at radius 2 is 1.68 bits per heavy atom. The first-order valence-corrected chi connectivity index (χ1v) is 6.52. The molecule has 1 aromatic heterocycles. The first-order chi connectivity index (χ1) is 9.20. The van der Waals surface area contributed by atoms with Crippen LogP contribution in [-0.4, -0.2) is 11.5 Å². The van der Waals surface area contributed by atoms with Gasteiger partial charge < -0.3 is 10.5 Å². The Morgan fingerprint density at radius 1 is 1.05 bits per heavy atom. The van der Waals surface area contributed by atoms with Crippen molar-refractivity contribution in [2.45, 2.75) is 26.9 Å². The molecule has 0 radical (unpaired) electrons. The van der Waals surface area contributed by atoms with Gasteiger partial charge in [0.15, 0.2) is 0 Å². The smallest absolute Gasteiger partial charge is 0.125 e. The Morgan fingerprint density at radius 3 is 2.26 bits per heavy atom. The van der Waals surface area contributed by atoms with Gasteiger partial charge in [0.2, 0.25) is 0 Å². The van der Waals surface area contributed by atoms with Crippen molar-refractivity contribution in [1.82, 2.24) is 4.98 Å². The molecule has 0 aliphatic rings. The van der Waals surface area contributed by atoms with E-state index in [4.69, 9.17) is 10.5 Å². The number of pyridine rings is 1. The average molecular weight is 256 g/mol. The quantitative estimate of drug-likeness (QED) is 0.895. The Balaban J connectivity index is 2.12. The van der Waals surface area contributed by atoms with Gasteiger partial charge in [0.25, 0.3) is 0 Å². The first kappa shape index (κ1) is 13.6. The summed E-state index contributed by atoms with van der Waals surface area (Å²) >= 11 is 0. The zero-order valence-electron chi connectivity index (χ0n) is 11.5. The fraction of sp³-hybridized carbons (Fsp3) is 0.312. The minimum Gasteiger partial charge on any atom is -0.488 e. The van der Waals surface area contributed by atoms with Gasteiger partial charge in [-0.15, -0.1) is 0 Å². The van der Waals surface area contributed by atoms with Crippen LogP contribution in [0, 0.1) is 13.8 Å². The van der Waals surface area contributed by atoms with Gasteiger partial charge in [-0.25, -0.2) is 0 Å². The van der Waals surface area contributed by atoms with Crippen LogP contribution in [0.2, 0.25) is 0 Å². The lowest BCUT2D eigenvalue weighted by molar-refractivity contribution is 0.301. The van der Waals surface area contributed by atoms with Crippen molar-refractivity contribution in [3.63, 3.8) is 0 Å². The van der Waals surface area contributed by atoms with Crippen molar-refractivity contribution in [3.8, 4) is 5.75 Å². The third-order valence-corrected chi connectivity index (χ3v) is 3.09. The van der Waals surface area contributed by atoms with Gasteiger partial charge >= 0.3 is 0 Å². The van der Waals surface area contributed by atoms with Crippen LogP contribution in [0.4, 0.5) is 0 Å². The predicted molar refractivity (Wildman–Crippen MR) is 77.2 cm³/mol. The molecule has 0 saturated heterocycles. The SMILES string of the molecule is Cc1cc(CCN)cc(C)c1OCc1ccncc1. The third kappa shape index (κ3) is 3.55. The molecule has 0 fully saturated rings. The molecule has 0 atom stereocenters. The fourth-order valence-electron chi connectivity index (χ4n) is 2.21. The van der Waals surface area contributed by atoms with E-state index in [9.17, 15) is 0 Å². The second-order valence-electron chi connectivity index (χ2n) is 4.74. The summed E-state index contributed by atoms with van der Waals surface area (Å²) in [6.45, 7) is 5.40. The summed E-state index contributed by atoms with van der Waals surface area (Å²) < 4.78 is 5.93. The standard InChI is InChI=1S/C16H20N2O/c1-12-9-15(3-6-17)10-13(2)16(12)19-11-14-4-7-18-8-5-14/h4-5,7-10H,3,6,11,17H2,1-2H3. The summed E-state index contributed by atoms with van der Waals surface area (Å²) in [5, 5.41) is 0. The molecule has 0 bridgehead atoms. The highest BCUT2D eigenvalue weighted by Crippen LogP contribution is 2.25. The summed E-state index contributed by atoms with van der Waals surface area (Å²) in [5.74, 6) is 0.970. The third-order valence-electron chi connectivity index (χ3n) is 3.09. The molecule has 0 aliphatic carbocycles. The number of hydrogen-bond donors (Lipinski definition) is 1. The number of aryl methyl sites for hydroxylation is 2. The highest BCUT2D eigenvalue weighted by Gasteiger charge is 2.06. The Labute approximate surface area is 114 Å². The van der Waals surface area contributed by atoms with E-state index in [2.05, 4.69) is 31.0 Å². The van der Waals surface area contributed by atoms with E-state index in [-0.39, 0.29) is 0 Å². The van der Waals surface area contributed by atoms with Crippen LogP contribution in [0.5, 0.6) is 5.75 Å². The highest BCUT2D eigenvalue weighted by atomic mass is 16.5. The number of nitrogens with zero attached hydrogens (tertiary/aromatic N) is 1. The summed E-state index contributed by atoms with van der Waals surface area (Å²) in [6, 6.07) is 8.24. The lowest BCUT2D eigenvalue weighted by Gasteiger charge is -2.14. The molecule has 19 heavy (non-hydrogen) atoms. The lowest BCUT2D eigenvalue weighted by atomic mass is 10.0. The van der Waals surface area contributed by atoms with Gasteiger partial charge in [0.05, 0.1) is 0 Å². The molecule has 3 heteroatoms. The number of ether oxygens (including phenoxy) is 1. The van der Waals surface area contributed by atoms with E-state index in [1.807, 2.05) is 12.1 Å². The van der Waals surface area contributed by atoms with E-state index >= 15 is 0 Å². The first-order valence-electron chi connectivity index (χ1n) is 6.52. The monoisotopic (exact) mass is 256 g/mol. The second kappa shape index (κ2) is 6.34. The van der Waals surface area contributed by atoms with Gasteiger partial charge in [-0.3, -0.25) is 4.98 Å². The minimum absolute atomic E-state index is 0.570. The molecule has 0 amide bonds. The lowest BCUT2D eigenvalue weighted by Crippen LogP contribution is -2.04. The van der Waals surface area contributed by atoms with Crippen LogP contribution in [-0.2, 0) is 13.0 Å². The van der Waals surface area contributed by atoms with E-state index in [0.29, 0.717) is 13.2 Å². The Kier molecular flexibility index (Phi) is 4.53. The van der Waals surface area contributed by atoms with Gasteiger partial charge in [0, 0.05) is 12.4 Å². The molecule has 0 unspecified atom stereocenters. The van der Waals surface area contributed by atoms with Crippen molar-refractivity contribution in [2.24, 2.45) is 5.73 Å². The maximum atomic E-state index is 5.93. The normalized spacial score (nSPS) is 10.5. The molecule has 0 saturated carbocycles. The number of benzene rings is 1. The second-order valence-corrected chi connectivity index (χ2v) is 4.74. The van der Waals surface area contributed by atoms with E-state index < -0.39 is 0 Å². The molecule has 2 aromatic rings. The van der Waals surface area contributed by atoms with Gasteiger partial charge in [-0.2, -0.15) is 0 Å². The van der Waals surface area contributed by atoms with Gasteiger partial charge in [-0.1, -0.05) is 12.1 Å². The molecular formula is C16H20N2O. The molecule has 1 aromatic carbocycles. The molecule has 2 rings (SSSR count). The van der Waals surface area contributed by atoms with Crippen molar-refractivity contribution in [2.75, 3.05) is 6.54 Å². The summed E-state index contributed by atoms with van der Waals surface area (Å²) in [5.41, 5.74) is 10.3. The zero-order valence-corrected chi connectivity index (χ0v) is 11.5. The molecular weight excluding hydrogens is 236 g/mol. The largest absolute Gasteiger partial charge is 0.488 e. The topological polar surface area (TPSA) is 48.1 Å². The summed E-state index contributed by atoms with van der Waals surface area (Å²) in [6.07, 6.45) is 4.47. The van der Waals surface area contributed by atoms with Crippen LogP contribution in [0.3, 0.4) is 0 Å². The van der Waals surface area contributed by atoms with Crippen molar-refractivity contribution < 1.29 is 4.74 Å². The van der Waals surface area contributed by atoms with Crippen LogP contribution in [0.25, 0.3) is 0 Å². The predicted octanol–water partition coefficient (Wildman–Crippen LogP) is 2.78. The number of hydrogen-bond acceptors (Lipinski definition) is 3. The van der Waals surface area contributed by atoms with E-state index in [1.165, 1.54) is 5.56 Å². The van der Waals surface area contributed by atoms with Crippen molar-refractivity contribution >= 4 is 0 Å². The van der Waals surface area contributed by atoms with Crippen molar-refractivity contribution in [1.29, 1.82) is 0 Å². The number of nitrogens with two attached hydrogens (primary N) is 1. The molecule has 100 valence electrons. The zero-order chi connectivity index (χ0) is 13.7. The average Bonchev–Trinajstić information content (AvgIpc) is 2.39. The fourth-order valence-corrected chi connectivity index (χ4v) is 2.21. The molecule has 0 aliphatic heterocycles. The number of aromatic nitrogens is 1. The Bertz CT molecular complexity index is 515. The minimum atomic E-state index is 0.570. The molecule has 1 heterocycles.